The van der Waals surface area contributed by atoms with E-state index in [0.717, 1.165) is 29.4 Å². The second kappa shape index (κ2) is 7.36. The lowest BCUT2D eigenvalue weighted by Gasteiger charge is -2.24. The van der Waals surface area contributed by atoms with Gasteiger partial charge in [0.05, 0.1) is 17.9 Å². The number of fused-ring (bicyclic) bond motifs is 1. The monoisotopic (exact) mass is 377 g/mol. The summed E-state index contributed by atoms with van der Waals surface area (Å²) in [6, 6.07) is 12.6. The number of nitrogens with one attached hydrogen (secondary N) is 2. The Kier molecular flexibility index (Phi) is 4.89. The van der Waals surface area contributed by atoms with Crippen molar-refractivity contribution < 1.29 is 4.79 Å². The van der Waals surface area contributed by atoms with Gasteiger partial charge in [-0.1, -0.05) is 37.3 Å². The molecule has 3 aromatic rings. The molecule has 0 aliphatic heterocycles. The SMILES string of the molecule is CN(C)C(CNC(=O)[C@@H]1C[C@@]1(C)c1ccccc1)Cc1cc2cn[nH]c2cn1. The third-order valence-corrected chi connectivity index (χ3v) is 6.06. The van der Waals surface area contributed by atoms with Gasteiger partial charge in [-0.3, -0.25) is 14.9 Å². The van der Waals surface area contributed by atoms with Crippen molar-refractivity contribution in [2.75, 3.05) is 20.6 Å². The second-order valence-electron chi connectivity index (χ2n) is 8.24. The van der Waals surface area contributed by atoms with Gasteiger partial charge in [-0.2, -0.15) is 5.10 Å². The fourth-order valence-corrected chi connectivity index (χ4v) is 3.91. The van der Waals surface area contributed by atoms with E-state index in [4.69, 9.17) is 0 Å². The molecular formula is C22H27N5O. The minimum Gasteiger partial charge on any atom is -0.354 e. The number of carbonyl (C=O) groups excluding carboxylic acids is 1. The highest BCUT2D eigenvalue weighted by molar-refractivity contribution is 5.84. The molecule has 0 spiro atoms. The number of aromatic amines is 1. The molecule has 0 bridgehead atoms. The van der Waals surface area contributed by atoms with Gasteiger partial charge in [-0.25, -0.2) is 0 Å². The van der Waals surface area contributed by atoms with Gasteiger partial charge in [0.1, 0.15) is 0 Å². The Labute approximate surface area is 165 Å². The summed E-state index contributed by atoms with van der Waals surface area (Å²) in [5, 5.41) is 11.2. The molecule has 2 heterocycles. The molecule has 4 rings (SSSR count). The average Bonchev–Trinajstić information content (AvgIpc) is 3.19. The normalized spacial score (nSPS) is 22.4. The summed E-state index contributed by atoms with van der Waals surface area (Å²) in [4.78, 5) is 19.4. The maximum atomic E-state index is 12.8. The van der Waals surface area contributed by atoms with E-state index in [9.17, 15) is 4.79 Å². The molecule has 1 aromatic carbocycles. The van der Waals surface area contributed by atoms with Crippen LogP contribution in [0, 0.1) is 5.92 Å². The molecule has 3 atom stereocenters. The summed E-state index contributed by atoms with van der Waals surface area (Å²) in [5.74, 6) is 0.203. The maximum Gasteiger partial charge on any atom is 0.224 e. The number of H-pyrrole nitrogens is 1. The van der Waals surface area contributed by atoms with Crippen molar-refractivity contribution in [2.45, 2.75) is 31.2 Å². The number of benzene rings is 1. The van der Waals surface area contributed by atoms with E-state index in [2.05, 4.69) is 50.5 Å². The lowest BCUT2D eigenvalue weighted by molar-refractivity contribution is -0.122. The van der Waals surface area contributed by atoms with E-state index in [1.165, 1.54) is 5.56 Å². The first-order valence-electron chi connectivity index (χ1n) is 9.75. The number of pyridine rings is 1. The molecule has 2 aromatic heterocycles. The Morgan fingerprint density at radius 1 is 1.32 bits per heavy atom. The smallest absolute Gasteiger partial charge is 0.224 e. The van der Waals surface area contributed by atoms with Gasteiger partial charge >= 0.3 is 0 Å². The molecule has 1 unspecified atom stereocenters. The summed E-state index contributed by atoms with van der Waals surface area (Å²) in [6.07, 6.45) is 5.31. The molecule has 146 valence electrons. The Hall–Kier alpha value is -2.73. The van der Waals surface area contributed by atoms with Gasteiger partial charge in [-0.05, 0) is 32.1 Å². The van der Waals surface area contributed by atoms with E-state index in [0.29, 0.717) is 6.54 Å². The quantitative estimate of drug-likeness (QED) is 0.664. The number of aromatic nitrogens is 3. The number of amides is 1. The van der Waals surface area contributed by atoms with Crippen molar-refractivity contribution in [3.05, 3.63) is 60.0 Å². The van der Waals surface area contributed by atoms with Crippen LogP contribution in [0.3, 0.4) is 0 Å². The lowest BCUT2D eigenvalue weighted by Crippen LogP contribution is -2.42. The standard InChI is InChI=1S/C22H27N5O/c1-22(16-7-5-4-6-8-16)11-19(22)21(28)24-13-18(27(2)3)10-17-9-15-12-25-26-20(15)14-23-17/h4-9,12,14,18-19H,10-11,13H2,1-3H3,(H,24,28)(H,25,26)/t18?,19-,22-/m0/s1. The van der Waals surface area contributed by atoms with E-state index in [1.807, 2.05) is 44.7 Å². The van der Waals surface area contributed by atoms with Crippen LogP contribution in [0.4, 0.5) is 0 Å². The molecule has 28 heavy (non-hydrogen) atoms. The molecule has 1 fully saturated rings. The molecule has 0 saturated heterocycles. The Bertz CT molecular complexity index is 967. The van der Waals surface area contributed by atoms with E-state index >= 15 is 0 Å². The van der Waals surface area contributed by atoms with E-state index in [-0.39, 0.29) is 23.3 Å². The summed E-state index contributed by atoms with van der Waals surface area (Å²) in [5.41, 5.74) is 3.15. The highest BCUT2D eigenvalue weighted by Gasteiger charge is 2.55. The highest BCUT2D eigenvalue weighted by Crippen LogP contribution is 2.53. The van der Waals surface area contributed by atoms with E-state index < -0.39 is 0 Å². The fourth-order valence-electron chi connectivity index (χ4n) is 3.91. The number of likely N-dealkylation sites (N-methyl/N-ethyl adjacent to an activating group) is 1. The van der Waals surface area contributed by atoms with Crippen molar-refractivity contribution in [1.82, 2.24) is 25.4 Å². The number of nitrogens with zero attached hydrogens (tertiary/aromatic N) is 3. The fraction of sp³-hybridized carbons (Fsp3) is 0.409. The second-order valence-corrected chi connectivity index (χ2v) is 8.24. The van der Waals surface area contributed by atoms with Gasteiger partial charge in [0.25, 0.3) is 0 Å². The van der Waals surface area contributed by atoms with Crippen molar-refractivity contribution in [3.63, 3.8) is 0 Å². The van der Waals surface area contributed by atoms with Crippen LogP contribution in [0.1, 0.15) is 24.6 Å². The van der Waals surface area contributed by atoms with Crippen molar-refractivity contribution >= 4 is 16.8 Å². The highest BCUT2D eigenvalue weighted by atomic mass is 16.2. The predicted molar refractivity (Wildman–Crippen MR) is 110 cm³/mol. The molecule has 1 amide bonds. The Balaban J connectivity index is 1.37. The van der Waals surface area contributed by atoms with Crippen LogP contribution >= 0.6 is 0 Å². The van der Waals surface area contributed by atoms with Gasteiger partial charge in [0.15, 0.2) is 0 Å². The van der Waals surface area contributed by atoms with Crippen LogP contribution < -0.4 is 5.32 Å². The van der Waals surface area contributed by atoms with Crippen LogP contribution in [0.25, 0.3) is 10.9 Å². The molecule has 1 saturated carbocycles. The average molecular weight is 377 g/mol. The van der Waals surface area contributed by atoms with Crippen LogP contribution in [0.5, 0.6) is 0 Å². The van der Waals surface area contributed by atoms with E-state index in [1.54, 1.807) is 0 Å². The molecule has 1 aliphatic rings. The number of rotatable bonds is 7. The third-order valence-electron chi connectivity index (χ3n) is 6.06. The third kappa shape index (κ3) is 3.64. The predicted octanol–water partition coefficient (Wildman–Crippen LogP) is 2.52. The van der Waals surface area contributed by atoms with Gasteiger partial charge in [0.2, 0.25) is 5.91 Å². The molecule has 1 aliphatic carbocycles. The number of hydrogen-bond donors (Lipinski definition) is 2. The van der Waals surface area contributed by atoms with Crippen LogP contribution in [0.15, 0.2) is 48.8 Å². The molecule has 6 nitrogen and oxygen atoms in total. The van der Waals surface area contributed by atoms with Gasteiger partial charge < -0.3 is 10.2 Å². The van der Waals surface area contributed by atoms with Gasteiger partial charge in [-0.15, -0.1) is 0 Å². The van der Waals surface area contributed by atoms with Crippen LogP contribution in [-0.2, 0) is 16.6 Å². The lowest BCUT2D eigenvalue weighted by atomic mass is 9.95. The van der Waals surface area contributed by atoms with Crippen molar-refractivity contribution in [3.8, 4) is 0 Å². The number of carbonyl (C=O) groups is 1. The first kappa shape index (κ1) is 18.6. The Morgan fingerprint density at radius 3 is 2.86 bits per heavy atom. The molecule has 0 radical (unpaired) electrons. The first-order chi connectivity index (χ1) is 13.5. The molecular weight excluding hydrogens is 350 g/mol. The first-order valence-corrected chi connectivity index (χ1v) is 9.75. The van der Waals surface area contributed by atoms with Crippen molar-refractivity contribution in [2.24, 2.45) is 5.92 Å². The zero-order valence-electron chi connectivity index (χ0n) is 16.6. The minimum atomic E-state index is -0.0349. The summed E-state index contributed by atoms with van der Waals surface area (Å²) in [7, 11) is 4.08. The zero-order valence-corrected chi connectivity index (χ0v) is 16.6. The topological polar surface area (TPSA) is 73.9 Å². The number of hydrogen-bond acceptors (Lipinski definition) is 4. The maximum absolute atomic E-state index is 12.8. The summed E-state index contributed by atoms with van der Waals surface area (Å²) < 4.78 is 0. The molecule has 6 heteroatoms. The summed E-state index contributed by atoms with van der Waals surface area (Å²) in [6.45, 7) is 2.79. The van der Waals surface area contributed by atoms with Crippen LogP contribution in [0.2, 0.25) is 0 Å². The Morgan fingerprint density at radius 2 is 2.11 bits per heavy atom. The zero-order chi connectivity index (χ0) is 19.7. The summed E-state index contributed by atoms with van der Waals surface area (Å²) >= 11 is 0. The van der Waals surface area contributed by atoms with Crippen molar-refractivity contribution in [1.29, 1.82) is 0 Å². The van der Waals surface area contributed by atoms with Gasteiger partial charge in [0, 0.05) is 41.4 Å². The molecule has 2 N–H and O–H groups in total. The minimum absolute atomic E-state index is 0.0349. The van der Waals surface area contributed by atoms with Crippen LogP contribution in [-0.4, -0.2) is 52.7 Å². The largest absolute Gasteiger partial charge is 0.354 e.